The Labute approximate surface area is 160 Å². The zero-order chi connectivity index (χ0) is 19.3. The number of hydrogen-bond donors (Lipinski definition) is 1. The molecule has 2 aromatic rings. The summed E-state index contributed by atoms with van der Waals surface area (Å²) < 4.78 is 24.7. The third-order valence-corrected chi connectivity index (χ3v) is 6.29. The molecular weight excluding hydrogens is 362 g/mol. The van der Waals surface area contributed by atoms with E-state index < -0.39 is 10.0 Å². The first-order valence-corrected chi connectivity index (χ1v) is 11.0. The Morgan fingerprint density at radius 2 is 1.70 bits per heavy atom. The second-order valence-corrected chi connectivity index (χ2v) is 9.03. The Hall–Kier alpha value is -2.25. The molecule has 0 atom stereocenters. The number of carbonyl (C=O) groups is 1. The first kappa shape index (κ1) is 19.5. The number of benzene rings is 1. The van der Waals surface area contributed by atoms with Crippen molar-refractivity contribution in [2.75, 3.05) is 19.3 Å². The number of nitrogens with one attached hydrogen (secondary N) is 1. The summed E-state index contributed by atoms with van der Waals surface area (Å²) in [6.45, 7) is 1.67. The minimum Gasteiger partial charge on any atom is -0.348 e. The van der Waals surface area contributed by atoms with Crippen molar-refractivity contribution in [3.8, 4) is 0 Å². The highest BCUT2D eigenvalue weighted by atomic mass is 32.2. The predicted octanol–water partition coefficient (Wildman–Crippen LogP) is 2.23. The van der Waals surface area contributed by atoms with Gasteiger partial charge in [0.05, 0.1) is 6.26 Å². The van der Waals surface area contributed by atoms with Crippen LogP contribution in [0.4, 0.5) is 0 Å². The molecule has 0 unspecified atom stereocenters. The fraction of sp³-hybridized carbons (Fsp3) is 0.400. The Bertz CT molecular complexity index is 859. The number of pyridine rings is 1. The zero-order valence-electron chi connectivity index (χ0n) is 15.5. The molecule has 1 fully saturated rings. The Morgan fingerprint density at radius 1 is 1.07 bits per heavy atom. The minimum absolute atomic E-state index is 0.0974. The molecule has 6 nitrogen and oxygen atoms in total. The Morgan fingerprint density at radius 3 is 2.30 bits per heavy atom. The van der Waals surface area contributed by atoms with Crippen LogP contribution < -0.4 is 5.32 Å². The molecule has 3 rings (SSSR count). The van der Waals surface area contributed by atoms with Gasteiger partial charge in [-0.1, -0.05) is 12.1 Å². The maximum Gasteiger partial charge on any atom is 0.251 e. The number of rotatable bonds is 6. The van der Waals surface area contributed by atoms with Gasteiger partial charge in [-0.3, -0.25) is 9.78 Å². The van der Waals surface area contributed by atoms with Crippen LogP contribution in [0.3, 0.4) is 0 Å². The summed E-state index contributed by atoms with van der Waals surface area (Å²) in [5.41, 5.74) is 2.83. The normalized spacial score (nSPS) is 16.2. The number of nitrogens with zero attached hydrogens (tertiary/aromatic N) is 2. The van der Waals surface area contributed by atoms with Crippen molar-refractivity contribution in [3.63, 3.8) is 0 Å². The highest BCUT2D eigenvalue weighted by Crippen LogP contribution is 2.23. The Kier molecular flexibility index (Phi) is 6.23. The lowest BCUT2D eigenvalue weighted by Crippen LogP contribution is -2.38. The summed E-state index contributed by atoms with van der Waals surface area (Å²) in [6.07, 6.45) is 7.35. The van der Waals surface area contributed by atoms with E-state index in [0.717, 1.165) is 24.8 Å². The van der Waals surface area contributed by atoms with E-state index in [1.54, 1.807) is 16.7 Å². The van der Waals surface area contributed by atoms with Crippen LogP contribution in [-0.2, 0) is 23.0 Å². The van der Waals surface area contributed by atoms with Crippen LogP contribution >= 0.6 is 0 Å². The number of aromatic nitrogens is 1. The lowest BCUT2D eigenvalue weighted by molar-refractivity contribution is 0.0951. The standard InChI is InChI=1S/C20H25N3O3S/c1-27(25,26)23-12-8-17(9-13-23)14-16-2-4-19(5-3-16)20(24)22-15-18-6-10-21-11-7-18/h2-7,10-11,17H,8-9,12-15H2,1H3,(H,22,24). The monoisotopic (exact) mass is 387 g/mol. The van der Waals surface area contributed by atoms with Gasteiger partial charge in [0, 0.05) is 37.6 Å². The number of sulfonamides is 1. The van der Waals surface area contributed by atoms with Crippen LogP contribution in [0.2, 0.25) is 0 Å². The van der Waals surface area contributed by atoms with Crippen LogP contribution in [0.5, 0.6) is 0 Å². The SMILES string of the molecule is CS(=O)(=O)N1CCC(Cc2ccc(C(=O)NCc3ccncc3)cc2)CC1. The second kappa shape index (κ2) is 8.63. The quantitative estimate of drug-likeness (QED) is 0.824. The molecule has 0 bridgehead atoms. The number of hydrogen-bond acceptors (Lipinski definition) is 4. The fourth-order valence-corrected chi connectivity index (χ4v) is 4.23. The first-order chi connectivity index (χ1) is 12.9. The van der Waals surface area contributed by atoms with Gasteiger partial charge in [0.2, 0.25) is 10.0 Å². The van der Waals surface area contributed by atoms with Gasteiger partial charge in [-0.25, -0.2) is 12.7 Å². The molecule has 1 aliphatic heterocycles. The minimum atomic E-state index is -3.08. The molecule has 1 amide bonds. The van der Waals surface area contributed by atoms with Crippen molar-refractivity contribution in [1.29, 1.82) is 0 Å². The lowest BCUT2D eigenvalue weighted by Gasteiger charge is -2.30. The molecule has 0 radical (unpaired) electrons. The highest BCUT2D eigenvalue weighted by Gasteiger charge is 2.24. The fourth-order valence-electron chi connectivity index (χ4n) is 3.36. The van der Waals surface area contributed by atoms with Crippen LogP contribution in [0.1, 0.15) is 34.3 Å². The molecule has 27 heavy (non-hydrogen) atoms. The van der Waals surface area contributed by atoms with E-state index in [2.05, 4.69) is 10.3 Å². The van der Waals surface area contributed by atoms with Gasteiger partial charge >= 0.3 is 0 Å². The van der Waals surface area contributed by atoms with Crippen molar-refractivity contribution in [3.05, 3.63) is 65.5 Å². The molecular formula is C20H25N3O3S. The molecule has 1 N–H and O–H groups in total. The maximum atomic E-state index is 12.3. The summed E-state index contributed by atoms with van der Waals surface area (Å²) in [7, 11) is -3.08. The van der Waals surface area contributed by atoms with Gasteiger partial charge in [0.1, 0.15) is 0 Å². The van der Waals surface area contributed by atoms with E-state index in [1.165, 1.54) is 11.8 Å². The van der Waals surface area contributed by atoms with Gasteiger partial charge < -0.3 is 5.32 Å². The zero-order valence-corrected chi connectivity index (χ0v) is 16.3. The van der Waals surface area contributed by atoms with E-state index in [9.17, 15) is 13.2 Å². The van der Waals surface area contributed by atoms with Crippen LogP contribution in [0, 0.1) is 5.92 Å². The largest absolute Gasteiger partial charge is 0.348 e. The topological polar surface area (TPSA) is 79.4 Å². The highest BCUT2D eigenvalue weighted by molar-refractivity contribution is 7.88. The number of amides is 1. The van der Waals surface area contributed by atoms with Crippen molar-refractivity contribution in [2.45, 2.75) is 25.8 Å². The van der Waals surface area contributed by atoms with Gasteiger partial charge in [-0.05, 0) is 60.6 Å². The maximum absolute atomic E-state index is 12.3. The molecule has 144 valence electrons. The van der Waals surface area contributed by atoms with Crippen molar-refractivity contribution in [2.24, 2.45) is 5.92 Å². The first-order valence-electron chi connectivity index (χ1n) is 9.13. The van der Waals surface area contributed by atoms with E-state index in [0.29, 0.717) is 31.1 Å². The molecule has 0 saturated carbocycles. The number of piperidine rings is 1. The number of carbonyl (C=O) groups excluding carboxylic acids is 1. The van der Waals surface area contributed by atoms with Crippen LogP contribution in [0.15, 0.2) is 48.8 Å². The summed E-state index contributed by atoms with van der Waals surface area (Å²) in [5.74, 6) is 0.384. The summed E-state index contributed by atoms with van der Waals surface area (Å²) in [5, 5.41) is 2.91. The molecule has 1 aromatic heterocycles. The lowest BCUT2D eigenvalue weighted by atomic mass is 9.91. The van der Waals surface area contributed by atoms with Gasteiger partial charge in [-0.2, -0.15) is 0 Å². The van der Waals surface area contributed by atoms with E-state index in [1.807, 2.05) is 36.4 Å². The third kappa shape index (κ3) is 5.61. The van der Waals surface area contributed by atoms with Gasteiger partial charge in [-0.15, -0.1) is 0 Å². The Balaban J connectivity index is 1.49. The van der Waals surface area contributed by atoms with Crippen molar-refractivity contribution in [1.82, 2.24) is 14.6 Å². The summed E-state index contributed by atoms with van der Waals surface area (Å²) >= 11 is 0. The van der Waals surface area contributed by atoms with E-state index >= 15 is 0 Å². The van der Waals surface area contributed by atoms with Crippen molar-refractivity contribution >= 4 is 15.9 Å². The molecule has 1 aromatic carbocycles. The van der Waals surface area contributed by atoms with E-state index in [4.69, 9.17) is 0 Å². The third-order valence-electron chi connectivity index (χ3n) is 4.99. The van der Waals surface area contributed by atoms with E-state index in [-0.39, 0.29) is 5.91 Å². The van der Waals surface area contributed by atoms with Crippen molar-refractivity contribution < 1.29 is 13.2 Å². The van der Waals surface area contributed by atoms with Gasteiger partial charge in [0.15, 0.2) is 0 Å². The molecule has 0 spiro atoms. The second-order valence-electron chi connectivity index (χ2n) is 7.04. The summed E-state index contributed by atoms with van der Waals surface area (Å²) in [6, 6.07) is 11.4. The molecule has 7 heteroatoms. The molecule has 1 saturated heterocycles. The smallest absolute Gasteiger partial charge is 0.251 e. The predicted molar refractivity (Wildman–Crippen MR) is 105 cm³/mol. The molecule has 2 heterocycles. The van der Waals surface area contributed by atoms with Crippen LogP contribution in [0.25, 0.3) is 0 Å². The van der Waals surface area contributed by atoms with Gasteiger partial charge in [0.25, 0.3) is 5.91 Å². The molecule has 0 aliphatic carbocycles. The average Bonchev–Trinajstić information content (AvgIpc) is 2.67. The average molecular weight is 388 g/mol. The summed E-state index contributed by atoms with van der Waals surface area (Å²) in [4.78, 5) is 16.2. The van der Waals surface area contributed by atoms with Crippen LogP contribution in [-0.4, -0.2) is 43.0 Å². The molecule has 1 aliphatic rings.